The Balaban J connectivity index is 1.86. The van der Waals surface area contributed by atoms with E-state index in [1.54, 1.807) is 0 Å². The molecular formula is C19H28N2O4. The van der Waals surface area contributed by atoms with Gasteiger partial charge in [0.15, 0.2) is 0 Å². The van der Waals surface area contributed by atoms with Gasteiger partial charge in [-0.2, -0.15) is 0 Å². The molecule has 2 aliphatic rings. The lowest BCUT2D eigenvalue weighted by Crippen LogP contribution is -2.55. The molecule has 1 amide bonds. The van der Waals surface area contributed by atoms with Crippen LogP contribution in [0.15, 0.2) is 0 Å². The van der Waals surface area contributed by atoms with Crippen molar-refractivity contribution in [3.8, 4) is 0 Å². The van der Waals surface area contributed by atoms with Crippen molar-refractivity contribution in [3.63, 3.8) is 0 Å². The lowest BCUT2D eigenvalue weighted by Gasteiger charge is -2.43. The van der Waals surface area contributed by atoms with E-state index < -0.39 is 0 Å². The quantitative estimate of drug-likeness (QED) is 0.853. The van der Waals surface area contributed by atoms with Gasteiger partial charge in [-0.3, -0.25) is 4.79 Å². The van der Waals surface area contributed by atoms with Gasteiger partial charge < -0.3 is 19.4 Å². The summed E-state index contributed by atoms with van der Waals surface area (Å²) in [6.45, 7) is 8.43. The number of esters is 1. The third-order valence-electron chi connectivity index (χ3n) is 5.19. The molecule has 1 N–H and O–H groups in total. The number of carbonyl (C=O) groups is 2. The maximum absolute atomic E-state index is 13.2. The third-order valence-corrected chi connectivity index (χ3v) is 5.19. The predicted octanol–water partition coefficient (Wildman–Crippen LogP) is 2.98. The molecule has 2 heterocycles. The summed E-state index contributed by atoms with van der Waals surface area (Å²) in [5, 5.41) is 0. The highest BCUT2D eigenvalue weighted by atomic mass is 16.5. The first-order valence-corrected chi connectivity index (χ1v) is 9.23. The molecule has 2 atom stereocenters. The number of H-pyrrole nitrogens is 1. The molecule has 0 bridgehead atoms. The van der Waals surface area contributed by atoms with Crippen molar-refractivity contribution in [2.45, 2.75) is 71.6 Å². The second kappa shape index (κ2) is 7.20. The topological polar surface area (TPSA) is 71.6 Å². The predicted molar refractivity (Wildman–Crippen MR) is 93.9 cm³/mol. The number of amides is 1. The van der Waals surface area contributed by atoms with Crippen LogP contribution >= 0.6 is 0 Å². The van der Waals surface area contributed by atoms with Crippen LogP contribution in [0, 0.1) is 13.8 Å². The van der Waals surface area contributed by atoms with Crippen LogP contribution < -0.4 is 0 Å². The van der Waals surface area contributed by atoms with Gasteiger partial charge in [0, 0.05) is 12.2 Å². The van der Waals surface area contributed by atoms with E-state index in [0.29, 0.717) is 35.7 Å². The minimum atomic E-state index is -0.377. The molecule has 25 heavy (non-hydrogen) atoms. The lowest BCUT2D eigenvalue weighted by molar-refractivity contribution is -0.0754. The van der Waals surface area contributed by atoms with Gasteiger partial charge in [-0.1, -0.05) is 12.8 Å². The number of aromatic nitrogens is 1. The van der Waals surface area contributed by atoms with Crippen molar-refractivity contribution in [2.24, 2.45) is 0 Å². The molecule has 1 aliphatic carbocycles. The molecule has 0 spiro atoms. The van der Waals surface area contributed by atoms with Crippen molar-refractivity contribution in [1.82, 2.24) is 9.88 Å². The molecule has 1 aromatic heterocycles. The van der Waals surface area contributed by atoms with Gasteiger partial charge in [0.2, 0.25) is 0 Å². The smallest absolute Gasteiger partial charge is 0.340 e. The number of fused-ring (bicyclic) bond motifs is 1. The van der Waals surface area contributed by atoms with E-state index >= 15 is 0 Å². The summed E-state index contributed by atoms with van der Waals surface area (Å²) in [5.41, 5.74) is 2.33. The Labute approximate surface area is 148 Å². The third kappa shape index (κ3) is 3.45. The summed E-state index contributed by atoms with van der Waals surface area (Å²) in [5.74, 6) is -0.415. The number of rotatable bonds is 3. The van der Waals surface area contributed by atoms with Crippen LogP contribution in [-0.2, 0) is 9.47 Å². The van der Waals surface area contributed by atoms with Crippen molar-refractivity contribution < 1.29 is 19.1 Å². The number of ether oxygens (including phenoxy) is 2. The summed E-state index contributed by atoms with van der Waals surface area (Å²) in [6, 6.07) is 0.143. The number of hydrogen-bond donors (Lipinski definition) is 1. The van der Waals surface area contributed by atoms with Gasteiger partial charge in [0.05, 0.1) is 30.4 Å². The molecule has 1 saturated heterocycles. The lowest BCUT2D eigenvalue weighted by atomic mass is 9.90. The molecule has 6 heteroatoms. The number of morpholine rings is 1. The molecule has 6 nitrogen and oxygen atoms in total. The zero-order valence-electron chi connectivity index (χ0n) is 15.6. The van der Waals surface area contributed by atoms with Crippen molar-refractivity contribution in [3.05, 3.63) is 22.5 Å². The van der Waals surface area contributed by atoms with E-state index in [9.17, 15) is 9.59 Å². The van der Waals surface area contributed by atoms with Gasteiger partial charge in [-0.05, 0) is 46.1 Å². The maximum Gasteiger partial charge on any atom is 0.340 e. The molecule has 0 aromatic carbocycles. The fourth-order valence-corrected chi connectivity index (χ4v) is 4.04. The van der Waals surface area contributed by atoms with E-state index in [1.165, 1.54) is 0 Å². The second-order valence-electron chi connectivity index (χ2n) is 7.34. The van der Waals surface area contributed by atoms with Gasteiger partial charge in [-0.15, -0.1) is 0 Å². The Hall–Kier alpha value is -1.82. The Morgan fingerprint density at radius 2 is 1.96 bits per heavy atom. The highest BCUT2D eigenvalue weighted by Gasteiger charge is 2.38. The van der Waals surface area contributed by atoms with Crippen LogP contribution in [0.3, 0.4) is 0 Å². The summed E-state index contributed by atoms with van der Waals surface area (Å²) in [7, 11) is 0. The van der Waals surface area contributed by atoms with Crippen LogP contribution in [0.2, 0.25) is 0 Å². The minimum Gasteiger partial charge on any atom is -0.459 e. The number of aromatic amines is 1. The van der Waals surface area contributed by atoms with E-state index in [-0.39, 0.29) is 30.1 Å². The van der Waals surface area contributed by atoms with E-state index in [4.69, 9.17) is 9.47 Å². The SMILES string of the molecule is Cc1[nH]c(C(=O)N2CCOC3CCCCC32)c(C)c1C(=O)OC(C)C. The second-order valence-corrected chi connectivity index (χ2v) is 7.34. The van der Waals surface area contributed by atoms with Crippen LogP contribution in [0.25, 0.3) is 0 Å². The molecular weight excluding hydrogens is 320 g/mol. The van der Waals surface area contributed by atoms with Crippen molar-refractivity contribution in [1.29, 1.82) is 0 Å². The summed E-state index contributed by atoms with van der Waals surface area (Å²) < 4.78 is 11.2. The number of hydrogen-bond acceptors (Lipinski definition) is 4. The molecule has 2 unspecified atom stereocenters. The zero-order chi connectivity index (χ0) is 18.1. The number of aryl methyl sites for hydroxylation is 1. The van der Waals surface area contributed by atoms with Gasteiger partial charge in [-0.25, -0.2) is 4.79 Å². The summed E-state index contributed by atoms with van der Waals surface area (Å²) >= 11 is 0. The van der Waals surface area contributed by atoms with Crippen molar-refractivity contribution >= 4 is 11.9 Å². The minimum absolute atomic E-state index is 0.0376. The first-order valence-electron chi connectivity index (χ1n) is 9.23. The maximum atomic E-state index is 13.2. The number of nitrogens with one attached hydrogen (secondary N) is 1. The normalized spacial score (nSPS) is 23.5. The molecule has 1 aromatic rings. The molecule has 3 rings (SSSR count). The Kier molecular flexibility index (Phi) is 5.18. The monoisotopic (exact) mass is 348 g/mol. The van der Waals surface area contributed by atoms with E-state index in [0.717, 1.165) is 25.7 Å². The number of carbonyl (C=O) groups excluding carboxylic acids is 2. The summed E-state index contributed by atoms with van der Waals surface area (Å²) in [4.78, 5) is 30.6. The van der Waals surface area contributed by atoms with E-state index in [1.807, 2.05) is 32.6 Å². The average Bonchev–Trinajstić information content (AvgIpc) is 2.87. The Morgan fingerprint density at radius 1 is 1.24 bits per heavy atom. The summed E-state index contributed by atoms with van der Waals surface area (Å²) in [6.07, 6.45) is 4.24. The van der Waals surface area contributed by atoms with Crippen LogP contribution in [-0.4, -0.2) is 53.2 Å². The van der Waals surface area contributed by atoms with Crippen LogP contribution in [0.5, 0.6) is 0 Å². The zero-order valence-corrected chi connectivity index (χ0v) is 15.6. The average molecular weight is 348 g/mol. The number of nitrogens with zero attached hydrogens (tertiary/aromatic N) is 1. The first-order chi connectivity index (χ1) is 11.9. The molecule has 2 fully saturated rings. The Bertz CT molecular complexity index is 663. The molecule has 138 valence electrons. The van der Waals surface area contributed by atoms with E-state index in [2.05, 4.69) is 4.98 Å². The molecule has 1 saturated carbocycles. The van der Waals surface area contributed by atoms with Crippen LogP contribution in [0.4, 0.5) is 0 Å². The van der Waals surface area contributed by atoms with Crippen LogP contribution in [0.1, 0.15) is 71.6 Å². The highest BCUT2D eigenvalue weighted by molar-refractivity contribution is 6.00. The molecule has 0 radical (unpaired) electrons. The van der Waals surface area contributed by atoms with Crippen molar-refractivity contribution in [2.75, 3.05) is 13.2 Å². The fourth-order valence-electron chi connectivity index (χ4n) is 4.04. The van der Waals surface area contributed by atoms with Gasteiger partial charge in [0.25, 0.3) is 5.91 Å². The van der Waals surface area contributed by atoms with Gasteiger partial charge in [0.1, 0.15) is 5.69 Å². The van der Waals surface area contributed by atoms with Gasteiger partial charge >= 0.3 is 5.97 Å². The Morgan fingerprint density at radius 3 is 2.68 bits per heavy atom. The largest absolute Gasteiger partial charge is 0.459 e. The standard InChI is InChI=1S/C19H28N2O4/c1-11(2)25-19(23)16-12(3)17(20-13(16)4)18(22)21-9-10-24-15-8-6-5-7-14(15)21/h11,14-15,20H,5-10H2,1-4H3. The highest BCUT2D eigenvalue weighted by Crippen LogP contribution is 2.30. The fraction of sp³-hybridized carbons (Fsp3) is 0.684. The molecule has 1 aliphatic heterocycles. The first kappa shape index (κ1) is 18.0.